The van der Waals surface area contributed by atoms with Crippen LogP contribution in [-0.2, 0) is 19.0 Å². The van der Waals surface area contributed by atoms with Crippen molar-refractivity contribution in [1.29, 1.82) is 0 Å². The number of hydrogen-bond acceptors (Lipinski definition) is 7. The summed E-state index contributed by atoms with van der Waals surface area (Å²) >= 11 is 4.83. The molecular formula is C12H12I2NNaO6S. The molecule has 1 rings (SSSR count). The topological polar surface area (TPSA) is 96.9 Å². The zero-order valence-electron chi connectivity index (χ0n) is 12.2. The fourth-order valence-corrected chi connectivity index (χ4v) is 2.66. The van der Waals surface area contributed by atoms with Gasteiger partial charge in [-0.1, -0.05) is 45.2 Å². The first-order valence-corrected chi connectivity index (χ1v) is 9.79. The molecule has 1 aromatic carbocycles. The summed E-state index contributed by atoms with van der Waals surface area (Å²) in [5.74, 6) is -0.404. The number of amides is 1. The monoisotopic (exact) mass is 575 g/mol. The molecule has 0 unspecified atom stereocenters. The van der Waals surface area contributed by atoms with Gasteiger partial charge in [-0.15, -0.1) is 0 Å². The van der Waals surface area contributed by atoms with E-state index >= 15 is 0 Å². The van der Waals surface area contributed by atoms with E-state index in [4.69, 9.17) is 4.74 Å². The number of esters is 1. The number of alkyl halides is 2. The Labute approximate surface area is 187 Å². The van der Waals surface area contributed by atoms with E-state index in [0.29, 0.717) is 37.9 Å². The Hall–Kier alpha value is 0.850. The van der Waals surface area contributed by atoms with Crippen LogP contribution >= 0.6 is 57.2 Å². The minimum atomic E-state index is -0.415. The summed E-state index contributed by atoms with van der Waals surface area (Å²) in [6.45, 7) is 0. The molecule has 0 atom stereocenters. The van der Waals surface area contributed by atoms with Crippen LogP contribution in [0.1, 0.15) is 12.8 Å². The van der Waals surface area contributed by atoms with Crippen molar-refractivity contribution >= 4 is 74.8 Å². The first kappa shape index (κ1) is 23.9. The number of carbonyl (C=O) groups is 2. The van der Waals surface area contributed by atoms with Gasteiger partial charge in [0.1, 0.15) is 0 Å². The van der Waals surface area contributed by atoms with E-state index < -0.39 is 5.97 Å². The van der Waals surface area contributed by atoms with Crippen molar-refractivity contribution in [2.45, 2.75) is 17.7 Å². The number of ether oxygens (including phenoxy) is 1. The van der Waals surface area contributed by atoms with E-state index in [0.717, 1.165) is 0 Å². The summed E-state index contributed by atoms with van der Waals surface area (Å²) in [7, 11) is 0. The molecule has 0 aliphatic carbocycles. The largest absolute Gasteiger partial charge is 1.00 e. The van der Waals surface area contributed by atoms with Crippen LogP contribution in [0.5, 0.6) is 5.75 Å². The van der Waals surface area contributed by atoms with Crippen LogP contribution in [-0.4, -0.2) is 20.7 Å². The zero-order valence-corrected chi connectivity index (χ0v) is 19.3. The first-order valence-electron chi connectivity index (χ1n) is 6.00. The maximum Gasteiger partial charge on any atom is 1.00 e. The summed E-state index contributed by atoms with van der Waals surface area (Å²) < 4.78 is 10.8. The Kier molecular flexibility index (Phi) is 14.6. The Morgan fingerprint density at radius 1 is 1.22 bits per heavy atom. The molecule has 0 aliphatic heterocycles. The van der Waals surface area contributed by atoms with Crippen molar-refractivity contribution in [3.63, 3.8) is 0 Å². The van der Waals surface area contributed by atoms with E-state index in [1.54, 1.807) is 12.1 Å². The van der Waals surface area contributed by atoms with Gasteiger partial charge in [0.2, 0.25) is 5.91 Å². The van der Waals surface area contributed by atoms with Crippen LogP contribution in [0.15, 0.2) is 23.1 Å². The number of carbonyl (C=O) groups excluding carboxylic acids is 2. The van der Waals surface area contributed by atoms with Crippen molar-refractivity contribution in [3.8, 4) is 5.75 Å². The number of anilines is 1. The third-order valence-corrected chi connectivity index (χ3v) is 3.88. The molecule has 0 spiro atoms. The molecule has 1 N–H and O–H groups in total. The third kappa shape index (κ3) is 9.79. The molecule has 0 aromatic heterocycles. The minimum Gasteiger partial charge on any atom is -0.691 e. The Morgan fingerprint density at radius 2 is 1.91 bits per heavy atom. The zero-order chi connectivity index (χ0) is 16.4. The van der Waals surface area contributed by atoms with Gasteiger partial charge >= 0.3 is 35.5 Å². The van der Waals surface area contributed by atoms with E-state index in [1.165, 1.54) is 6.07 Å². The summed E-state index contributed by atoms with van der Waals surface area (Å²) in [6.07, 6.45) is 0.602. The van der Waals surface area contributed by atoms with Crippen LogP contribution in [0, 0.1) is 0 Å². The molecule has 0 saturated heterocycles. The summed E-state index contributed by atoms with van der Waals surface area (Å²) in [4.78, 5) is 23.8. The predicted molar refractivity (Wildman–Crippen MR) is 95.7 cm³/mol. The molecule has 7 nitrogen and oxygen atoms in total. The SMILES string of the molecule is O=C(CCI)Nc1ccc(SOO[O-])cc1OC(=O)CCI.[Na+]. The number of hydrogen-bond donors (Lipinski definition) is 1. The van der Waals surface area contributed by atoms with Gasteiger partial charge in [-0.25, -0.2) is 0 Å². The number of benzene rings is 1. The molecule has 23 heavy (non-hydrogen) atoms. The summed E-state index contributed by atoms with van der Waals surface area (Å²) in [5.41, 5.74) is 0.379. The average Bonchev–Trinajstić information content (AvgIpc) is 2.48. The second kappa shape index (κ2) is 14.1. The van der Waals surface area contributed by atoms with Crippen molar-refractivity contribution in [2.75, 3.05) is 14.2 Å². The maximum atomic E-state index is 11.7. The molecule has 0 fully saturated rings. The maximum absolute atomic E-state index is 11.7. The van der Waals surface area contributed by atoms with Gasteiger partial charge in [0.15, 0.2) is 5.75 Å². The molecule has 0 bridgehead atoms. The Balaban J connectivity index is 0.00000484. The Morgan fingerprint density at radius 3 is 2.52 bits per heavy atom. The minimum absolute atomic E-state index is 0. The molecule has 0 heterocycles. The van der Waals surface area contributed by atoms with Crippen molar-refractivity contribution in [1.82, 2.24) is 0 Å². The number of nitrogens with one attached hydrogen (secondary N) is 1. The van der Waals surface area contributed by atoms with Gasteiger partial charge in [-0.3, -0.25) is 14.6 Å². The van der Waals surface area contributed by atoms with Gasteiger partial charge in [-0.2, -0.15) is 4.33 Å². The van der Waals surface area contributed by atoms with E-state index in [-0.39, 0.29) is 47.6 Å². The van der Waals surface area contributed by atoms with Gasteiger partial charge in [-0.05, 0) is 18.2 Å². The van der Waals surface area contributed by atoms with Gasteiger partial charge < -0.3 is 15.3 Å². The van der Waals surface area contributed by atoms with Crippen molar-refractivity contribution in [3.05, 3.63) is 18.2 Å². The molecule has 1 amide bonds. The van der Waals surface area contributed by atoms with Gasteiger partial charge in [0, 0.05) is 20.2 Å². The van der Waals surface area contributed by atoms with E-state index in [1.807, 2.05) is 0 Å². The average molecular weight is 575 g/mol. The van der Waals surface area contributed by atoms with Crippen molar-refractivity contribution in [2.24, 2.45) is 0 Å². The standard InChI is InChI=1S/C12H13I2NO6S.Na/c13-5-3-11(16)15-9-2-1-8(22-21-20-18)7-10(9)19-12(17)4-6-14;/h1-2,7,18H,3-6H2,(H,15,16);/q;+1/p-1. The van der Waals surface area contributed by atoms with E-state index in [2.05, 4.69) is 59.9 Å². The summed E-state index contributed by atoms with van der Waals surface area (Å²) in [5, 5.41) is 15.8. The van der Waals surface area contributed by atoms with Gasteiger partial charge in [0.25, 0.3) is 0 Å². The molecule has 1 aromatic rings. The normalized spacial score (nSPS) is 9.87. The van der Waals surface area contributed by atoms with Crippen LogP contribution in [0.3, 0.4) is 0 Å². The fraction of sp³-hybridized carbons (Fsp3) is 0.333. The molecule has 122 valence electrons. The third-order valence-electron chi connectivity index (χ3n) is 2.23. The molecule has 0 saturated carbocycles. The molecular weight excluding hydrogens is 563 g/mol. The molecule has 0 radical (unpaired) electrons. The smallest absolute Gasteiger partial charge is 0.691 e. The quantitative estimate of drug-likeness (QED) is 0.0616. The first-order chi connectivity index (χ1) is 10.6. The van der Waals surface area contributed by atoms with Crippen LogP contribution in [0.25, 0.3) is 0 Å². The second-order valence-corrected chi connectivity index (χ2v) is 6.71. The van der Waals surface area contributed by atoms with Crippen LogP contribution in [0.2, 0.25) is 0 Å². The number of halogens is 2. The number of rotatable bonds is 9. The summed E-state index contributed by atoms with van der Waals surface area (Å²) in [6, 6.07) is 4.64. The fourth-order valence-electron chi connectivity index (χ4n) is 1.34. The molecule has 0 aliphatic rings. The van der Waals surface area contributed by atoms with Crippen LogP contribution < -0.4 is 44.9 Å². The molecule has 11 heteroatoms. The van der Waals surface area contributed by atoms with E-state index in [9.17, 15) is 14.8 Å². The predicted octanol–water partition coefficient (Wildman–Crippen LogP) is -0.585. The van der Waals surface area contributed by atoms with Gasteiger partial charge in [0.05, 0.1) is 24.2 Å². The Bertz CT molecular complexity index is 522. The van der Waals surface area contributed by atoms with Crippen molar-refractivity contribution < 1.29 is 58.5 Å². The second-order valence-electron chi connectivity index (χ2n) is 3.78. The van der Waals surface area contributed by atoms with Crippen LogP contribution in [0.4, 0.5) is 5.69 Å².